The molecule has 0 unspecified atom stereocenters. The summed E-state index contributed by atoms with van der Waals surface area (Å²) in [6, 6.07) is 0. The molecule has 0 aromatic rings. The van der Waals surface area contributed by atoms with Crippen LogP contribution in [0.5, 0.6) is 0 Å². The maximum Gasteiger partial charge on any atom is 0.0697 e. The molecule has 0 aliphatic carbocycles. The van der Waals surface area contributed by atoms with Gasteiger partial charge in [-0.05, 0) is 26.7 Å². The largest absolute Gasteiger partial charge is 0.390 e. The molecule has 0 aromatic carbocycles. The fraction of sp³-hybridized carbons (Fsp3) is 1.00. The molecule has 1 aliphatic rings. The third-order valence-corrected chi connectivity index (χ3v) is 2.81. The lowest BCUT2D eigenvalue weighted by Crippen LogP contribution is -2.45. The van der Waals surface area contributed by atoms with E-state index in [-0.39, 0.29) is 5.60 Å². The Morgan fingerprint density at radius 1 is 1.38 bits per heavy atom. The normalized spacial score (nSPS) is 33.2. The third-order valence-electron chi connectivity index (χ3n) is 2.81. The zero-order valence-corrected chi connectivity index (χ0v) is 9.10. The molecule has 0 spiro atoms. The highest BCUT2D eigenvalue weighted by molar-refractivity contribution is 4.90. The molecule has 1 rings (SSSR count). The molecule has 0 bridgehead atoms. The number of hydrogen-bond acceptors (Lipinski definition) is 2. The molecular formula is C11H22O2. The van der Waals surface area contributed by atoms with Crippen LogP contribution in [-0.4, -0.2) is 22.9 Å². The molecule has 2 heteroatoms. The van der Waals surface area contributed by atoms with Crippen molar-refractivity contribution in [2.45, 2.75) is 64.1 Å². The monoisotopic (exact) mass is 186 g/mol. The summed E-state index contributed by atoms with van der Waals surface area (Å²) in [5.74, 6) is 0. The van der Waals surface area contributed by atoms with Gasteiger partial charge in [0.1, 0.15) is 0 Å². The van der Waals surface area contributed by atoms with Crippen LogP contribution in [0.1, 0.15) is 52.9 Å². The summed E-state index contributed by atoms with van der Waals surface area (Å²) < 4.78 is 5.58. The van der Waals surface area contributed by atoms with Crippen LogP contribution in [0.4, 0.5) is 0 Å². The first-order valence-corrected chi connectivity index (χ1v) is 5.34. The van der Waals surface area contributed by atoms with Gasteiger partial charge >= 0.3 is 0 Å². The van der Waals surface area contributed by atoms with Crippen molar-refractivity contribution in [2.75, 3.05) is 6.61 Å². The molecule has 1 fully saturated rings. The molecule has 2 nitrogen and oxygen atoms in total. The van der Waals surface area contributed by atoms with E-state index >= 15 is 0 Å². The van der Waals surface area contributed by atoms with Crippen molar-refractivity contribution in [1.29, 1.82) is 0 Å². The fourth-order valence-corrected chi connectivity index (χ4v) is 2.17. The van der Waals surface area contributed by atoms with Crippen LogP contribution in [0.2, 0.25) is 0 Å². The summed E-state index contributed by atoms with van der Waals surface area (Å²) in [6.45, 7) is 6.98. The van der Waals surface area contributed by atoms with Gasteiger partial charge in [0, 0.05) is 6.42 Å². The van der Waals surface area contributed by atoms with Gasteiger partial charge in [0.05, 0.1) is 17.8 Å². The minimum atomic E-state index is -0.461. The molecule has 13 heavy (non-hydrogen) atoms. The van der Waals surface area contributed by atoms with Crippen molar-refractivity contribution in [3.63, 3.8) is 0 Å². The highest BCUT2D eigenvalue weighted by atomic mass is 16.5. The van der Waals surface area contributed by atoms with E-state index in [0.29, 0.717) is 6.61 Å². The Kier molecular flexibility index (Phi) is 3.36. The average Bonchev–Trinajstić information content (AvgIpc) is 1.98. The van der Waals surface area contributed by atoms with Gasteiger partial charge in [-0.25, -0.2) is 0 Å². The van der Waals surface area contributed by atoms with Crippen LogP contribution in [0, 0.1) is 0 Å². The molecule has 1 N–H and O–H groups in total. The van der Waals surface area contributed by atoms with Gasteiger partial charge in [0.15, 0.2) is 0 Å². The van der Waals surface area contributed by atoms with Gasteiger partial charge in [0.25, 0.3) is 0 Å². The Bertz CT molecular complexity index is 165. The van der Waals surface area contributed by atoms with E-state index in [1.807, 2.05) is 0 Å². The first-order chi connectivity index (χ1) is 5.97. The molecule has 78 valence electrons. The molecule has 1 saturated heterocycles. The van der Waals surface area contributed by atoms with Crippen molar-refractivity contribution in [3.05, 3.63) is 0 Å². The lowest BCUT2D eigenvalue weighted by Gasteiger charge is -2.41. The second-order valence-electron chi connectivity index (χ2n) is 4.86. The second-order valence-corrected chi connectivity index (χ2v) is 4.86. The van der Waals surface area contributed by atoms with E-state index in [4.69, 9.17) is 4.74 Å². The van der Waals surface area contributed by atoms with Gasteiger partial charge < -0.3 is 9.84 Å². The van der Waals surface area contributed by atoms with Crippen LogP contribution in [0.3, 0.4) is 0 Å². The lowest BCUT2D eigenvalue weighted by molar-refractivity contribution is -0.146. The Balaban J connectivity index is 2.47. The Hall–Kier alpha value is -0.0800. The predicted molar refractivity (Wildman–Crippen MR) is 53.7 cm³/mol. The van der Waals surface area contributed by atoms with Crippen molar-refractivity contribution in [1.82, 2.24) is 0 Å². The van der Waals surface area contributed by atoms with Crippen LogP contribution < -0.4 is 0 Å². The molecule has 0 saturated carbocycles. The van der Waals surface area contributed by atoms with Gasteiger partial charge in [-0.3, -0.25) is 0 Å². The number of aliphatic hydroxyl groups is 1. The maximum atomic E-state index is 10.3. The van der Waals surface area contributed by atoms with Gasteiger partial charge in [0.2, 0.25) is 0 Å². The van der Waals surface area contributed by atoms with Crippen molar-refractivity contribution < 1.29 is 9.84 Å². The van der Waals surface area contributed by atoms with Crippen LogP contribution in [-0.2, 0) is 4.74 Å². The first-order valence-electron chi connectivity index (χ1n) is 5.34. The van der Waals surface area contributed by atoms with E-state index in [2.05, 4.69) is 20.8 Å². The second kappa shape index (κ2) is 3.97. The van der Waals surface area contributed by atoms with E-state index < -0.39 is 5.60 Å². The summed E-state index contributed by atoms with van der Waals surface area (Å²) in [6.07, 6.45) is 4.78. The maximum absolute atomic E-state index is 10.3. The molecule has 1 aliphatic heterocycles. The lowest BCUT2D eigenvalue weighted by atomic mass is 9.81. The van der Waals surface area contributed by atoms with E-state index in [1.165, 1.54) is 0 Å². The van der Waals surface area contributed by atoms with Gasteiger partial charge in [-0.1, -0.05) is 19.8 Å². The molecule has 0 radical (unpaired) electrons. The summed E-state index contributed by atoms with van der Waals surface area (Å²) in [7, 11) is 0. The summed E-state index contributed by atoms with van der Waals surface area (Å²) in [5.41, 5.74) is -0.599. The van der Waals surface area contributed by atoms with Crippen LogP contribution in [0.25, 0.3) is 0 Å². The highest BCUT2D eigenvalue weighted by Crippen LogP contribution is 2.35. The average molecular weight is 186 g/mol. The third kappa shape index (κ3) is 3.28. The minimum Gasteiger partial charge on any atom is -0.390 e. The van der Waals surface area contributed by atoms with E-state index in [9.17, 15) is 5.11 Å². The van der Waals surface area contributed by atoms with E-state index in [0.717, 1.165) is 32.1 Å². The first kappa shape index (κ1) is 11.0. The quantitative estimate of drug-likeness (QED) is 0.733. The van der Waals surface area contributed by atoms with E-state index in [1.54, 1.807) is 0 Å². The van der Waals surface area contributed by atoms with Crippen LogP contribution in [0.15, 0.2) is 0 Å². The van der Waals surface area contributed by atoms with Gasteiger partial charge in [-0.2, -0.15) is 0 Å². The Morgan fingerprint density at radius 2 is 2.08 bits per heavy atom. The molecule has 1 heterocycles. The van der Waals surface area contributed by atoms with Crippen molar-refractivity contribution in [3.8, 4) is 0 Å². The minimum absolute atomic E-state index is 0.138. The molecular weight excluding hydrogens is 164 g/mol. The fourth-order valence-electron chi connectivity index (χ4n) is 2.17. The smallest absolute Gasteiger partial charge is 0.0697 e. The van der Waals surface area contributed by atoms with Crippen LogP contribution >= 0.6 is 0 Å². The van der Waals surface area contributed by atoms with Gasteiger partial charge in [-0.15, -0.1) is 0 Å². The topological polar surface area (TPSA) is 29.5 Å². The molecule has 1 atom stereocenters. The highest BCUT2D eigenvalue weighted by Gasteiger charge is 2.38. The van der Waals surface area contributed by atoms with Crippen molar-refractivity contribution in [2.24, 2.45) is 0 Å². The van der Waals surface area contributed by atoms with Crippen molar-refractivity contribution >= 4 is 0 Å². The molecule has 0 amide bonds. The number of hydrogen-bond donors (Lipinski definition) is 1. The Labute approximate surface area is 81.3 Å². The predicted octanol–water partition coefficient (Wildman–Crippen LogP) is 2.50. The summed E-state index contributed by atoms with van der Waals surface area (Å²) >= 11 is 0. The zero-order chi connectivity index (χ0) is 9.95. The summed E-state index contributed by atoms with van der Waals surface area (Å²) in [5, 5.41) is 10.3. The molecule has 0 aromatic heterocycles. The SMILES string of the molecule is CCCC[C@]1(O)CCOC(C)(C)C1. The summed E-state index contributed by atoms with van der Waals surface area (Å²) in [4.78, 5) is 0. The Morgan fingerprint density at radius 3 is 2.62 bits per heavy atom. The standard InChI is InChI=1S/C11H22O2/c1-4-5-6-11(12)7-8-13-10(2,3)9-11/h12H,4-9H2,1-3H3/t11-/m0/s1. The zero-order valence-electron chi connectivity index (χ0n) is 9.10. The number of ether oxygens (including phenoxy) is 1. The number of unbranched alkanes of at least 4 members (excludes halogenated alkanes) is 1. The number of rotatable bonds is 3.